The van der Waals surface area contributed by atoms with Crippen molar-refractivity contribution in [2.45, 2.75) is 18.2 Å². The summed E-state index contributed by atoms with van der Waals surface area (Å²) in [5, 5.41) is 6.15. The average molecular weight is 316 g/mol. The third-order valence-electron chi connectivity index (χ3n) is 3.87. The maximum Gasteiger partial charge on any atom is 0.315 e. The maximum absolute atomic E-state index is 11.9. The molecule has 0 radical (unpaired) electrons. The minimum absolute atomic E-state index is 0.147. The molecule has 6 heteroatoms. The van der Waals surface area contributed by atoms with Crippen molar-refractivity contribution < 1.29 is 4.79 Å². The molecule has 22 heavy (non-hydrogen) atoms. The van der Waals surface area contributed by atoms with Gasteiger partial charge in [-0.25, -0.2) is 9.78 Å². The molecule has 5 nitrogen and oxygen atoms in total. The van der Waals surface area contributed by atoms with Crippen molar-refractivity contribution in [3.05, 3.63) is 53.6 Å². The van der Waals surface area contributed by atoms with Crippen LogP contribution in [0.25, 0.3) is 0 Å². The van der Waals surface area contributed by atoms with Gasteiger partial charge < -0.3 is 15.2 Å². The van der Waals surface area contributed by atoms with Crippen LogP contribution in [0, 0.1) is 0 Å². The predicted molar refractivity (Wildman–Crippen MR) is 88.8 cm³/mol. The Hall–Kier alpha value is -1.95. The Morgan fingerprint density at radius 1 is 1.41 bits per heavy atom. The molecule has 2 heterocycles. The standard InChI is InChI=1S/C16H20N4OS/c1-20-8-7-17-15(20)11-19-16(21)18-10-14-13-5-3-2-4-12(13)6-9-22-14/h2-5,7-8,14H,6,9-11H2,1H3,(H2,18,19,21)/t14-/m1/s1. The van der Waals surface area contributed by atoms with Gasteiger partial charge in [-0.1, -0.05) is 24.3 Å². The highest BCUT2D eigenvalue weighted by Crippen LogP contribution is 2.35. The quantitative estimate of drug-likeness (QED) is 0.909. The molecule has 116 valence electrons. The Kier molecular flexibility index (Phi) is 4.68. The monoisotopic (exact) mass is 316 g/mol. The lowest BCUT2D eigenvalue weighted by Gasteiger charge is -2.25. The van der Waals surface area contributed by atoms with Crippen molar-refractivity contribution in [1.29, 1.82) is 0 Å². The highest BCUT2D eigenvalue weighted by molar-refractivity contribution is 7.99. The summed E-state index contributed by atoms with van der Waals surface area (Å²) in [5.74, 6) is 1.95. The molecule has 3 rings (SSSR count). The molecule has 0 spiro atoms. The first kappa shape index (κ1) is 15.0. The number of carbonyl (C=O) groups is 1. The Morgan fingerprint density at radius 2 is 2.27 bits per heavy atom. The van der Waals surface area contributed by atoms with E-state index in [0.717, 1.165) is 18.0 Å². The van der Waals surface area contributed by atoms with Gasteiger partial charge in [0.15, 0.2) is 0 Å². The second-order valence-electron chi connectivity index (χ2n) is 5.33. The normalized spacial score (nSPS) is 16.9. The van der Waals surface area contributed by atoms with Gasteiger partial charge in [0.25, 0.3) is 0 Å². The van der Waals surface area contributed by atoms with Crippen molar-refractivity contribution in [3.63, 3.8) is 0 Å². The van der Waals surface area contributed by atoms with Crippen LogP contribution in [0.1, 0.15) is 22.2 Å². The van der Waals surface area contributed by atoms with Gasteiger partial charge in [-0.2, -0.15) is 11.8 Å². The second kappa shape index (κ2) is 6.87. The zero-order valence-corrected chi connectivity index (χ0v) is 13.4. The minimum atomic E-state index is -0.147. The van der Waals surface area contributed by atoms with Crippen LogP contribution in [0.2, 0.25) is 0 Å². The number of carbonyl (C=O) groups excluding carboxylic acids is 1. The Balaban J connectivity index is 1.51. The van der Waals surface area contributed by atoms with Gasteiger partial charge in [0, 0.05) is 31.2 Å². The van der Waals surface area contributed by atoms with Crippen LogP contribution < -0.4 is 10.6 Å². The maximum atomic E-state index is 11.9. The van der Waals surface area contributed by atoms with Gasteiger partial charge in [-0.3, -0.25) is 0 Å². The summed E-state index contributed by atoms with van der Waals surface area (Å²) < 4.78 is 1.90. The summed E-state index contributed by atoms with van der Waals surface area (Å²) >= 11 is 1.91. The van der Waals surface area contributed by atoms with Gasteiger partial charge in [0.2, 0.25) is 0 Å². The number of amides is 2. The predicted octanol–water partition coefficient (Wildman–Crippen LogP) is 2.25. The fourth-order valence-electron chi connectivity index (χ4n) is 2.62. The van der Waals surface area contributed by atoms with Crippen molar-refractivity contribution in [1.82, 2.24) is 20.2 Å². The smallest absolute Gasteiger partial charge is 0.315 e. The third kappa shape index (κ3) is 3.44. The summed E-state index contributed by atoms with van der Waals surface area (Å²) in [5.41, 5.74) is 2.75. The molecule has 1 aromatic heterocycles. The molecule has 0 saturated carbocycles. The van der Waals surface area contributed by atoms with Crippen molar-refractivity contribution >= 4 is 17.8 Å². The first-order chi connectivity index (χ1) is 10.7. The van der Waals surface area contributed by atoms with E-state index in [1.165, 1.54) is 11.1 Å². The molecule has 1 aliphatic rings. The zero-order chi connectivity index (χ0) is 15.4. The number of nitrogens with one attached hydrogen (secondary N) is 2. The van der Waals surface area contributed by atoms with Crippen LogP contribution in [0.4, 0.5) is 4.79 Å². The number of hydrogen-bond donors (Lipinski definition) is 2. The number of rotatable bonds is 4. The van der Waals surface area contributed by atoms with E-state index in [1.807, 2.05) is 29.6 Å². The minimum Gasteiger partial charge on any atom is -0.337 e. The number of hydrogen-bond acceptors (Lipinski definition) is 3. The van der Waals surface area contributed by atoms with Gasteiger partial charge in [-0.05, 0) is 23.3 Å². The average Bonchev–Trinajstić information content (AvgIpc) is 2.96. The molecule has 0 unspecified atom stereocenters. The summed E-state index contributed by atoms with van der Waals surface area (Å²) in [6.07, 6.45) is 4.71. The van der Waals surface area contributed by atoms with Crippen LogP contribution in [0.15, 0.2) is 36.7 Å². The lowest BCUT2D eigenvalue weighted by atomic mass is 10.0. The number of nitrogens with zero attached hydrogens (tertiary/aromatic N) is 2. The van der Waals surface area contributed by atoms with E-state index < -0.39 is 0 Å². The van der Waals surface area contributed by atoms with Crippen LogP contribution in [-0.4, -0.2) is 27.9 Å². The molecule has 2 aromatic rings. The summed E-state index contributed by atoms with van der Waals surface area (Å²) in [4.78, 5) is 16.1. The van der Waals surface area contributed by atoms with Crippen molar-refractivity contribution in [2.75, 3.05) is 12.3 Å². The van der Waals surface area contributed by atoms with Crippen LogP contribution in [0.3, 0.4) is 0 Å². The molecule has 1 aromatic carbocycles. The lowest BCUT2D eigenvalue weighted by Crippen LogP contribution is -2.38. The second-order valence-corrected chi connectivity index (χ2v) is 6.64. The van der Waals surface area contributed by atoms with E-state index in [9.17, 15) is 4.79 Å². The number of urea groups is 1. The molecule has 0 fully saturated rings. The fourth-order valence-corrected chi connectivity index (χ4v) is 3.85. The van der Waals surface area contributed by atoms with E-state index in [-0.39, 0.29) is 6.03 Å². The highest BCUT2D eigenvalue weighted by Gasteiger charge is 2.20. The largest absolute Gasteiger partial charge is 0.337 e. The molecular weight excluding hydrogens is 296 g/mol. The third-order valence-corrected chi connectivity index (χ3v) is 5.13. The molecule has 0 bridgehead atoms. The number of aryl methyl sites for hydroxylation is 2. The summed E-state index contributed by atoms with van der Waals surface area (Å²) in [6, 6.07) is 8.35. The molecule has 1 aliphatic heterocycles. The lowest BCUT2D eigenvalue weighted by molar-refractivity contribution is 0.240. The first-order valence-corrected chi connectivity index (χ1v) is 8.46. The number of aromatic nitrogens is 2. The Bertz CT molecular complexity index is 655. The highest BCUT2D eigenvalue weighted by atomic mass is 32.2. The molecule has 1 atom stereocenters. The van der Waals surface area contributed by atoms with Gasteiger partial charge >= 0.3 is 6.03 Å². The topological polar surface area (TPSA) is 59.0 Å². The number of benzene rings is 1. The summed E-state index contributed by atoms with van der Waals surface area (Å²) in [6.45, 7) is 1.08. The van der Waals surface area contributed by atoms with Crippen LogP contribution in [-0.2, 0) is 20.0 Å². The van der Waals surface area contributed by atoms with Crippen molar-refractivity contribution in [2.24, 2.45) is 7.05 Å². The van der Waals surface area contributed by atoms with Gasteiger partial charge in [0.1, 0.15) is 5.82 Å². The molecule has 0 saturated heterocycles. The number of thioether (sulfide) groups is 1. The van der Waals surface area contributed by atoms with E-state index in [2.05, 4.69) is 39.9 Å². The SMILES string of the molecule is Cn1ccnc1CNC(=O)NC[C@H]1SCCc2ccccc21. The molecule has 0 aliphatic carbocycles. The number of imidazole rings is 1. The fraction of sp³-hybridized carbons (Fsp3) is 0.375. The van der Waals surface area contributed by atoms with Crippen LogP contribution >= 0.6 is 11.8 Å². The van der Waals surface area contributed by atoms with E-state index in [0.29, 0.717) is 18.3 Å². The Labute approximate surface area is 134 Å². The number of fused-ring (bicyclic) bond motifs is 1. The van der Waals surface area contributed by atoms with E-state index >= 15 is 0 Å². The molecule has 2 N–H and O–H groups in total. The molecular formula is C16H20N4OS. The molecule has 2 amide bonds. The summed E-state index contributed by atoms with van der Waals surface area (Å²) in [7, 11) is 1.91. The first-order valence-electron chi connectivity index (χ1n) is 7.41. The van der Waals surface area contributed by atoms with E-state index in [4.69, 9.17) is 0 Å². The van der Waals surface area contributed by atoms with Gasteiger partial charge in [-0.15, -0.1) is 0 Å². The van der Waals surface area contributed by atoms with Gasteiger partial charge in [0.05, 0.1) is 6.54 Å². The zero-order valence-electron chi connectivity index (χ0n) is 12.6. The van der Waals surface area contributed by atoms with E-state index in [1.54, 1.807) is 6.20 Å². The Morgan fingerprint density at radius 3 is 3.09 bits per heavy atom. The van der Waals surface area contributed by atoms with Crippen molar-refractivity contribution in [3.8, 4) is 0 Å². The van der Waals surface area contributed by atoms with Crippen LogP contribution in [0.5, 0.6) is 0 Å².